The van der Waals surface area contributed by atoms with Crippen molar-refractivity contribution in [2.45, 2.75) is 5.92 Å². The Hall–Kier alpha value is -0.350. The molecule has 1 rings (SSSR count). The number of halogens is 2. The number of morpholine rings is 1. The predicted octanol–water partition coefficient (Wildman–Crippen LogP) is -1.22. The molecule has 0 saturated carbocycles. The molecule has 0 unspecified atom stereocenters. The van der Waals surface area contributed by atoms with Crippen LogP contribution in [0.1, 0.15) is 0 Å². The number of alkyl halides is 2. The minimum atomic E-state index is -3.91. The molecule has 1 aliphatic heterocycles. The molecule has 0 aromatic carbocycles. The molecular weight excluding hydrogens is 246 g/mol. The van der Waals surface area contributed by atoms with E-state index in [0.29, 0.717) is 0 Å². The Kier molecular flexibility index (Phi) is 4.56. The Bertz CT molecular complexity index is 316. The van der Waals surface area contributed by atoms with Crippen LogP contribution in [-0.4, -0.2) is 63.2 Å². The summed E-state index contributed by atoms with van der Waals surface area (Å²) in [5.41, 5.74) is 0. The molecule has 0 aromatic heterocycles. The van der Waals surface area contributed by atoms with Crippen LogP contribution in [0.5, 0.6) is 0 Å². The quantitative estimate of drug-likeness (QED) is 0.649. The van der Waals surface area contributed by atoms with Crippen LogP contribution < -0.4 is 4.72 Å². The molecule has 1 heterocycles. The summed E-state index contributed by atoms with van der Waals surface area (Å²) in [6, 6.07) is 0. The molecule has 16 heavy (non-hydrogen) atoms. The van der Waals surface area contributed by atoms with Crippen molar-refractivity contribution in [2.24, 2.45) is 0 Å². The number of aliphatic hydroxyl groups is 1. The van der Waals surface area contributed by atoms with Crippen LogP contribution in [0, 0.1) is 0 Å². The van der Waals surface area contributed by atoms with Crippen molar-refractivity contribution in [1.29, 1.82) is 0 Å². The van der Waals surface area contributed by atoms with Crippen LogP contribution in [0.3, 0.4) is 0 Å². The van der Waals surface area contributed by atoms with Gasteiger partial charge in [0.05, 0.1) is 19.8 Å². The van der Waals surface area contributed by atoms with E-state index in [1.54, 1.807) is 4.72 Å². The van der Waals surface area contributed by atoms with Gasteiger partial charge in [-0.3, -0.25) is 0 Å². The highest BCUT2D eigenvalue weighted by Crippen LogP contribution is 2.11. The van der Waals surface area contributed by atoms with Gasteiger partial charge in [-0.2, -0.15) is 17.4 Å². The number of hydrogen-bond acceptors (Lipinski definition) is 4. The molecule has 0 atom stereocenters. The highest BCUT2D eigenvalue weighted by Gasteiger charge is 2.32. The summed E-state index contributed by atoms with van der Waals surface area (Å²) in [7, 11) is -3.91. The van der Waals surface area contributed by atoms with Gasteiger partial charge in [0, 0.05) is 13.1 Å². The average molecular weight is 260 g/mol. The van der Waals surface area contributed by atoms with E-state index in [4.69, 9.17) is 9.84 Å². The summed E-state index contributed by atoms with van der Waals surface area (Å²) in [5.74, 6) is -3.45. The highest BCUT2D eigenvalue weighted by molar-refractivity contribution is 7.87. The van der Waals surface area contributed by atoms with Crippen LogP contribution in [0.2, 0.25) is 0 Å². The molecular formula is C7H14F2N2O4S. The molecule has 0 bridgehead atoms. The molecule has 1 aliphatic rings. The second-order valence-corrected chi connectivity index (χ2v) is 5.11. The molecule has 0 radical (unpaired) electrons. The largest absolute Gasteiger partial charge is 0.390 e. The SMILES string of the molecule is O=S(=O)(NCC(F)(F)CO)N1CCOCC1. The number of nitrogens with one attached hydrogen (secondary N) is 1. The number of hydrogen-bond donors (Lipinski definition) is 2. The minimum absolute atomic E-state index is 0.139. The lowest BCUT2D eigenvalue weighted by Crippen LogP contribution is -2.49. The van der Waals surface area contributed by atoms with Gasteiger partial charge in [0.25, 0.3) is 16.1 Å². The third-order valence-corrected chi connectivity index (χ3v) is 3.61. The summed E-state index contributed by atoms with van der Waals surface area (Å²) < 4.78 is 56.0. The summed E-state index contributed by atoms with van der Waals surface area (Å²) in [6.45, 7) is -1.73. The van der Waals surface area contributed by atoms with E-state index in [1.165, 1.54) is 0 Å². The maximum Gasteiger partial charge on any atom is 0.283 e. The lowest BCUT2D eigenvalue weighted by atomic mass is 10.4. The second kappa shape index (κ2) is 5.32. The summed E-state index contributed by atoms with van der Waals surface area (Å²) in [4.78, 5) is 0. The van der Waals surface area contributed by atoms with Gasteiger partial charge in [-0.25, -0.2) is 8.78 Å². The average Bonchev–Trinajstić information content (AvgIpc) is 2.28. The van der Waals surface area contributed by atoms with E-state index in [1.807, 2.05) is 0 Å². The standard InChI is InChI=1S/C7H14F2N2O4S/c8-7(9,6-12)5-10-16(13,14)11-1-3-15-4-2-11/h10,12H,1-6H2. The van der Waals surface area contributed by atoms with Crippen molar-refractivity contribution in [1.82, 2.24) is 9.03 Å². The Labute approximate surface area is 92.4 Å². The van der Waals surface area contributed by atoms with Crippen LogP contribution in [-0.2, 0) is 14.9 Å². The first-order valence-corrected chi connectivity index (χ1v) is 6.12. The molecule has 9 heteroatoms. The molecule has 0 spiro atoms. The maximum absolute atomic E-state index is 12.6. The third-order valence-electron chi connectivity index (χ3n) is 2.05. The van der Waals surface area contributed by atoms with Gasteiger partial charge < -0.3 is 9.84 Å². The molecule has 0 aliphatic carbocycles. The fourth-order valence-electron chi connectivity index (χ4n) is 1.13. The predicted molar refractivity (Wildman–Crippen MR) is 51.3 cm³/mol. The first kappa shape index (κ1) is 13.7. The number of aliphatic hydroxyl groups excluding tert-OH is 1. The van der Waals surface area contributed by atoms with Gasteiger partial charge in [0.1, 0.15) is 6.61 Å². The summed E-state index contributed by atoms with van der Waals surface area (Å²) in [6.07, 6.45) is 0. The topological polar surface area (TPSA) is 78.9 Å². The van der Waals surface area contributed by atoms with Crippen molar-refractivity contribution in [3.63, 3.8) is 0 Å². The van der Waals surface area contributed by atoms with Gasteiger partial charge in [-0.05, 0) is 0 Å². The molecule has 0 aromatic rings. The minimum Gasteiger partial charge on any atom is -0.390 e. The fraction of sp³-hybridized carbons (Fsp3) is 1.00. The van der Waals surface area contributed by atoms with Crippen LogP contribution in [0.25, 0.3) is 0 Å². The molecule has 2 N–H and O–H groups in total. The van der Waals surface area contributed by atoms with E-state index < -0.39 is 29.3 Å². The first-order chi connectivity index (χ1) is 7.37. The van der Waals surface area contributed by atoms with E-state index in [-0.39, 0.29) is 26.3 Å². The lowest BCUT2D eigenvalue weighted by Gasteiger charge is -2.26. The van der Waals surface area contributed by atoms with Crippen molar-refractivity contribution >= 4 is 10.2 Å². The third kappa shape index (κ3) is 3.91. The van der Waals surface area contributed by atoms with E-state index in [2.05, 4.69) is 0 Å². The molecule has 96 valence electrons. The fourth-order valence-corrected chi connectivity index (χ4v) is 2.34. The Balaban J connectivity index is 2.51. The zero-order valence-electron chi connectivity index (χ0n) is 8.53. The van der Waals surface area contributed by atoms with Gasteiger partial charge in [0.2, 0.25) is 0 Å². The van der Waals surface area contributed by atoms with Crippen molar-refractivity contribution < 1.29 is 27.0 Å². The number of rotatable bonds is 5. The van der Waals surface area contributed by atoms with Gasteiger partial charge >= 0.3 is 0 Å². The van der Waals surface area contributed by atoms with Crippen molar-refractivity contribution in [3.05, 3.63) is 0 Å². The lowest BCUT2D eigenvalue weighted by molar-refractivity contribution is -0.0440. The van der Waals surface area contributed by atoms with Gasteiger partial charge in [-0.15, -0.1) is 0 Å². The smallest absolute Gasteiger partial charge is 0.283 e. The summed E-state index contributed by atoms with van der Waals surface area (Å²) in [5, 5.41) is 8.28. The molecule has 6 nitrogen and oxygen atoms in total. The van der Waals surface area contributed by atoms with E-state index >= 15 is 0 Å². The Morgan fingerprint density at radius 3 is 2.44 bits per heavy atom. The van der Waals surface area contributed by atoms with E-state index in [0.717, 1.165) is 4.31 Å². The molecule has 0 amide bonds. The Morgan fingerprint density at radius 2 is 1.94 bits per heavy atom. The number of nitrogens with zero attached hydrogens (tertiary/aromatic N) is 1. The summed E-state index contributed by atoms with van der Waals surface area (Å²) >= 11 is 0. The van der Waals surface area contributed by atoms with Crippen molar-refractivity contribution in [2.75, 3.05) is 39.5 Å². The molecule has 1 saturated heterocycles. The van der Waals surface area contributed by atoms with Crippen molar-refractivity contribution in [3.8, 4) is 0 Å². The van der Waals surface area contributed by atoms with Crippen LogP contribution in [0.4, 0.5) is 8.78 Å². The maximum atomic E-state index is 12.6. The monoisotopic (exact) mass is 260 g/mol. The van der Waals surface area contributed by atoms with Crippen LogP contribution in [0.15, 0.2) is 0 Å². The zero-order valence-corrected chi connectivity index (χ0v) is 9.34. The first-order valence-electron chi connectivity index (χ1n) is 4.68. The number of ether oxygens (including phenoxy) is 1. The second-order valence-electron chi connectivity index (χ2n) is 3.35. The zero-order chi connectivity index (χ0) is 12.2. The van der Waals surface area contributed by atoms with Crippen LogP contribution >= 0.6 is 0 Å². The van der Waals surface area contributed by atoms with Gasteiger partial charge in [-0.1, -0.05) is 0 Å². The highest BCUT2D eigenvalue weighted by atomic mass is 32.2. The van der Waals surface area contributed by atoms with Gasteiger partial charge in [0.15, 0.2) is 0 Å². The normalized spacial score (nSPS) is 19.9. The Morgan fingerprint density at radius 1 is 1.38 bits per heavy atom. The molecule has 1 fully saturated rings. The van der Waals surface area contributed by atoms with E-state index in [9.17, 15) is 17.2 Å².